The van der Waals surface area contributed by atoms with Gasteiger partial charge in [-0.3, -0.25) is 24.5 Å². The minimum atomic E-state index is -0.535. The lowest BCUT2D eigenvalue weighted by molar-refractivity contribution is -0.384. The van der Waals surface area contributed by atoms with Gasteiger partial charge in [0.25, 0.3) is 11.6 Å². The van der Waals surface area contributed by atoms with Crippen molar-refractivity contribution in [2.24, 2.45) is 35.5 Å². The summed E-state index contributed by atoms with van der Waals surface area (Å²) < 4.78 is 0. The van der Waals surface area contributed by atoms with Gasteiger partial charge in [0.05, 0.1) is 22.4 Å². The largest absolute Gasteiger partial charge is 0.322 e. The van der Waals surface area contributed by atoms with E-state index in [1.807, 2.05) is 0 Å². The van der Waals surface area contributed by atoms with E-state index in [1.54, 1.807) is 24.3 Å². The molecule has 6 atom stereocenters. The minimum absolute atomic E-state index is 0.131. The molecule has 5 aliphatic rings. The average Bonchev–Trinajstić information content (AvgIpc) is 3.57. The molecule has 8 heteroatoms. The Morgan fingerprint density at radius 2 is 1.62 bits per heavy atom. The number of nitrogens with one attached hydrogen (secondary N) is 1. The Balaban J connectivity index is 1.27. The normalized spacial score (nSPS) is 31.3. The van der Waals surface area contributed by atoms with Crippen molar-refractivity contribution in [2.75, 3.05) is 10.2 Å². The van der Waals surface area contributed by atoms with Crippen LogP contribution in [-0.2, 0) is 9.59 Å². The molecule has 2 bridgehead atoms. The summed E-state index contributed by atoms with van der Waals surface area (Å²) in [7, 11) is 0. The van der Waals surface area contributed by atoms with Crippen LogP contribution in [0.15, 0.2) is 60.7 Å². The number of rotatable bonds is 4. The van der Waals surface area contributed by atoms with Gasteiger partial charge in [0, 0.05) is 23.4 Å². The number of allylic oxidation sites excluding steroid dienone is 2. The summed E-state index contributed by atoms with van der Waals surface area (Å²) >= 11 is 0. The molecule has 8 nitrogen and oxygen atoms in total. The first-order valence-corrected chi connectivity index (χ1v) is 10.7. The number of carbonyl (C=O) groups is 3. The molecular formula is C24H19N3O5. The first kappa shape index (κ1) is 18.9. The fraction of sp³-hybridized carbons (Fsp3) is 0.292. The molecule has 2 saturated carbocycles. The summed E-state index contributed by atoms with van der Waals surface area (Å²) in [6.45, 7) is 0. The van der Waals surface area contributed by atoms with Gasteiger partial charge in [-0.2, -0.15) is 0 Å². The van der Waals surface area contributed by atoms with E-state index in [1.165, 1.54) is 29.2 Å². The first-order chi connectivity index (χ1) is 15.4. The number of hydrogen-bond acceptors (Lipinski definition) is 5. The molecule has 1 heterocycles. The van der Waals surface area contributed by atoms with Crippen LogP contribution in [0.1, 0.15) is 16.8 Å². The molecule has 32 heavy (non-hydrogen) atoms. The number of hydrogen-bond donors (Lipinski definition) is 1. The monoisotopic (exact) mass is 429 g/mol. The number of nitrogens with zero attached hydrogens (tertiary/aromatic N) is 2. The fourth-order valence-corrected chi connectivity index (χ4v) is 5.90. The molecule has 2 aromatic carbocycles. The van der Waals surface area contributed by atoms with Crippen molar-refractivity contribution < 1.29 is 19.3 Å². The van der Waals surface area contributed by atoms with Crippen molar-refractivity contribution in [1.82, 2.24) is 0 Å². The molecule has 1 aliphatic heterocycles. The first-order valence-electron chi connectivity index (χ1n) is 10.7. The number of nitro groups is 1. The molecule has 0 aromatic heterocycles. The van der Waals surface area contributed by atoms with Crippen LogP contribution < -0.4 is 10.2 Å². The molecule has 4 aliphatic carbocycles. The Labute approximate surface area is 183 Å². The predicted molar refractivity (Wildman–Crippen MR) is 115 cm³/mol. The minimum Gasteiger partial charge on any atom is -0.322 e. The van der Waals surface area contributed by atoms with Gasteiger partial charge in [-0.25, -0.2) is 4.90 Å². The highest BCUT2D eigenvalue weighted by Gasteiger charge is 2.67. The Bertz CT molecular complexity index is 1200. The van der Waals surface area contributed by atoms with Crippen molar-refractivity contribution in [3.05, 3.63) is 76.4 Å². The van der Waals surface area contributed by atoms with Crippen molar-refractivity contribution >= 4 is 34.8 Å². The molecule has 2 aromatic rings. The second kappa shape index (κ2) is 6.59. The zero-order valence-corrected chi connectivity index (χ0v) is 16.9. The van der Waals surface area contributed by atoms with Gasteiger partial charge < -0.3 is 5.32 Å². The van der Waals surface area contributed by atoms with Crippen molar-refractivity contribution in [2.45, 2.75) is 6.42 Å². The number of benzene rings is 2. The van der Waals surface area contributed by atoms with Crippen LogP contribution in [0, 0.1) is 45.6 Å². The zero-order valence-electron chi connectivity index (χ0n) is 16.9. The summed E-state index contributed by atoms with van der Waals surface area (Å²) in [5.74, 6) is -0.125. The fourth-order valence-electron chi connectivity index (χ4n) is 5.90. The van der Waals surface area contributed by atoms with E-state index in [9.17, 15) is 24.5 Å². The van der Waals surface area contributed by atoms with Crippen LogP contribution in [0.2, 0.25) is 0 Å². The Kier molecular flexibility index (Phi) is 3.90. The summed E-state index contributed by atoms with van der Waals surface area (Å²) in [4.78, 5) is 51.0. The van der Waals surface area contributed by atoms with Gasteiger partial charge in [-0.1, -0.05) is 24.3 Å². The molecule has 1 N–H and O–H groups in total. The molecule has 3 amide bonds. The van der Waals surface area contributed by atoms with Gasteiger partial charge in [-0.15, -0.1) is 0 Å². The molecule has 1 saturated heterocycles. The second-order valence-corrected chi connectivity index (χ2v) is 8.98. The van der Waals surface area contributed by atoms with Crippen molar-refractivity contribution in [1.29, 1.82) is 0 Å². The number of non-ortho nitro benzene ring substituents is 1. The number of amides is 3. The Morgan fingerprint density at radius 1 is 0.969 bits per heavy atom. The number of anilines is 2. The van der Waals surface area contributed by atoms with Crippen LogP contribution in [-0.4, -0.2) is 22.6 Å². The maximum Gasteiger partial charge on any atom is 0.271 e. The van der Waals surface area contributed by atoms with Crippen LogP contribution in [0.5, 0.6) is 0 Å². The van der Waals surface area contributed by atoms with Crippen LogP contribution in [0.25, 0.3) is 0 Å². The van der Waals surface area contributed by atoms with Gasteiger partial charge in [0.1, 0.15) is 0 Å². The quantitative estimate of drug-likeness (QED) is 0.347. The van der Waals surface area contributed by atoms with E-state index in [0.717, 1.165) is 6.42 Å². The summed E-state index contributed by atoms with van der Waals surface area (Å²) in [5, 5.41) is 13.6. The lowest BCUT2D eigenvalue weighted by Crippen LogP contribution is -2.40. The third-order valence-electron chi connectivity index (χ3n) is 7.34. The zero-order chi connectivity index (χ0) is 22.1. The molecule has 3 fully saturated rings. The third-order valence-corrected chi connectivity index (χ3v) is 7.34. The SMILES string of the molecule is O=C(Nc1cccc([N+](=O)[O-])c1)c1cccc(N2C(=O)C3C4C=CC(C5CC45)C3C2=O)c1. The third kappa shape index (κ3) is 2.65. The lowest BCUT2D eigenvalue weighted by Gasteiger charge is -2.37. The van der Waals surface area contributed by atoms with E-state index in [0.29, 0.717) is 17.5 Å². The molecule has 7 rings (SSSR count). The van der Waals surface area contributed by atoms with Crippen molar-refractivity contribution in [3.63, 3.8) is 0 Å². The predicted octanol–water partition coefficient (Wildman–Crippen LogP) is 3.40. The maximum atomic E-state index is 13.3. The number of imide groups is 1. The molecule has 6 unspecified atom stereocenters. The second-order valence-electron chi connectivity index (χ2n) is 8.98. The maximum absolute atomic E-state index is 13.3. The summed E-state index contributed by atoms with van der Waals surface area (Å²) in [6, 6.07) is 12.0. The highest BCUT2D eigenvalue weighted by molar-refractivity contribution is 6.23. The van der Waals surface area contributed by atoms with E-state index < -0.39 is 10.8 Å². The Hall–Kier alpha value is -3.81. The number of carbonyl (C=O) groups excluding carboxylic acids is 3. The topological polar surface area (TPSA) is 110 Å². The Morgan fingerprint density at radius 3 is 2.28 bits per heavy atom. The van der Waals surface area contributed by atoms with Gasteiger partial charge in [0.15, 0.2) is 0 Å². The van der Waals surface area contributed by atoms with E-state index in [-0.39, 0.29) is 52.4 Å². The smallest absolute Gasteiger partial charge is 0.271 e. The standard InChI is InChI=1S/C24H19N3O5/c28-22(25-13-4-2-6-15(10-13)27(31)32)12-3-1-5-14(9-12)26-23(29)20-16-7-8-17(19-11-18(16)19)21(20)24(26)30/h1-10,16-21H,11H2,(H,25,28). The highest BCUT2D eigenvalue weighted by atomic mass is 16.6. The lowest BCUT2D eigenvalue weighted by atomic mass is 9.63. The molecule has 160 valence electrons. The number of nitro benzene ring substituents is 1. The van der Waals surface area contributed by atoms with Crippen LogP contribution >= 0.6 is 0 Å². The van der Waals surface area contributed by atoms with Crippen LogP contribution in [0.3, 0.4) is 0 Å². The van der Waals surface area contributed by atoms with E-state index >= 15 is 0 Å². The van der Waals surface area contributed by atoms with Crippen LogP contribution in [0.4, 0.5) is 17.1 Å². The summed E-state index contributed by atoms with van der Waals surface area (Å²) in [6.07, 6.45) is 5.35. The van der Waals surface area contributed by atoms with Gasteiger partial charge in [0.2, 0.25) is 11.8 Å². The molecule has 0 radical (unpaired) electrons. The molecular weight excluding hydrogens is 410 g/mol. The van der Waals surface area contributed by atoms with E-state index in [2.05, 4.69) is 17.5 Å². The van der Waals surface area contributed by atoms with E-state index in [4.69, 9.17) is 0 Å². The molecule has 0 spiro atoms. The highest BCUT2D eigenvalue weighted by Crippen LogP contribution is 2.65. The summed E-state index contributed by atoms with van der Waals surface area (Å²) in [5.41, 5.74) is 0.798. The van der Waals surface area contributed by atoms with Gasteiger partial charge in [-0.05, 0) is 54.4 Å². The average molecular weight is 429 g/mol. The van der Waals surface area contributed by atoms with Crippen molar-refractivity contribution in [3.8, 4) is 0 Å². The van der Waals surface area contributed by atoms with Gasteiger partial charge >= 0.3 is 0 Å².